The maximum atomic E-state index is 6.60. The first-order valence-electron chi connectivity index (χ1n) is 10.9. The maximum Gasteiger partial charge on any atom is 0.157 e. The molecule has 0 aliphatic heterocycles. The Labute approximate surface area is 217 Å². The van der Waals surface area contributed by atoms with E-state index in [0.717, 1.165) is 11.1 Å². The van der Waals surface area contributed by atoms with Crippen LogP contribution in [0.4, 0.5) is 0 Å². The largest absolute Gasteiger partial charge is 0.485 e. The summed E-state index contributed by atoms with van der Waals surface area (Å²) in [4.78, 5) is 0. The summed E-state index contributed by atoms with van der Waals surface area (Å²) in [6.07, 6.45) is 1.33. The first-order valence-corrected chi connectivity index (χ1v) is 12.4. The van der Waals surface area contributed by atoms with Crippen LogP contribution < -0.4 is 20.9 Å². The van der Waals surface area contributed by atoms with Crippen molar-refractivity contribution in [3.8, 4) is 11.5 Å². The minimum absolute atomic E-state index is 0.427. The summed E-state index contributed by atoms with van der Waals surface area (Å²) < 4.78 is 12.2. The van der Waals surface area contributed by atoms with E-state index in [0.29, 0.717) is 57.5 Å². The van der Waals surface area contributed by atoms with Crippen molar-refractivity contribution in [2.24, 2.45) is 11.5 Å². The van der Waals surface area contributed by atoms with Gasteiger partial charge in [-0.05, 0) is 89.0 Å². The van der Waals surface area contributed by atoms with Crippen molar-refractivity contribution in [2.45, 2.75) is 71.0 Å². The molecular formula is C25H34Cl4N2O2. The Balaban J connectivity index is 2.44. The van der Waals surface area contributed by atoms with Gasteiger partial charge in [-0.2, -0.15) is 0 Å². The number of hydrogen-bond donors (Lipinski definition) is 2. The van der Waals surface area contributed by atoms with Gasteiger partial charge in [0.05, 0.1) is 20.1 Å². The van der Waals surface area contributed by atoms with Gasteiger partial charge in [0.1, 0.15) is 11.2 Å². The van der Waals surface area contributed by atoms with Gasteiger partial charge in [-0.15, -0.1) is 0 Å². The fourth-order valence-electron chi connectivity index (χ4n) is 3.55. The van der Waals surface area contributed by atoms with E-state index >= 15 is 0 Å². The molecule has 0 unspecified atom stereocenters. The van der Waals surface area contributed by atoms with Crippen LogP contribution in [0.15, 0.2) is 24.3 Å². The number of hydrogen-bond acceptors (Lipinski definition) is 4. The van der Waals surface area contributed by atoms with Crippen molar-refractivity contribution in [1.29, 1.82) is 0 Å². The minimum Gasteiger partial charge on any atom is -0.485 e. The van der Waals surface area contributed by atoms with Gasteiger partial charge in [0.25, 0.3) is 0 Å². The highest BCUT2D eigenvalue weighted by atomic mass is 35.5. The van der Waals surface area contributed by atoms with Gasteiger partial charge in [0.2, 0.25) is 0 Å². The van der Waals surface area contributed by atoms with E-state index < -0.39 is 16.6 Å². The van der Waals surface area contributed by atoms with Crippen LogP contribution in [-0.2, 0) is 5.41 Å². The van der Waals surface area contributed by atoms with Crippen molar-refractivity contribution in [1.82, 2.24) is 0 Å². The molecule has 184 valence electrons. The smallest absolute Gasteiger partial charge is 0.157 e. The predicted molar refractivity (Wildman–Crippen MR) is 142 cm³/mol. The zero-order valence-electron chi connectivity index (χ0n) is 20.1. The molecule has 0 spiro atoms. The molecule has 0 atom stereocenters. The molecule has 2 aromatic rings. The summed E-state index contributed by atoms with van der Waals surface area (Å²) in [5.74, 6) is 0.886. The summed E-state index contributed by atoms with van der Waals surface area (Å²) in [7, 11) is 0. The Morgan fingerprint density at radius 3 is 1.12 bits per heavy atom. The third kappa shape index (κ3) is 7.06. The third-order valence-electron chi connectivity index (χ3n) is 5.69. The molecule has 0 bridgehead atoms. The molecule has 33 heavy (non-hydrogen) atoms. The van der Waals surface area contributed by atoms with Crippen molar-refractivity contribution >= 4 is 46.4 Å². The number of benzene rings is 2. The molecule has 0 aromatic heterocycles. The topological polar surface area (TPSA) is 70.5 Å². The second kappa shape index (κ2) is 10.8. The molecule has 4 N–H and O–H groups in total. The average molecular weight is 536 g/mol. The Kier molecular flexibility index (Phi) is 9.28. The van der Waals surface area contributed by atoms with Gasteiger partial charge in [-0.3, -0.25) is 0 Å². The zero-order chi connectivity index (χ0) is 25.2. The number of rotatable bonds is 10. The van der Waals surface area contributed by atoms with Crippen LogP contribution in [-0.4, -0.2) is 24.3 Å². The van der Waals surface area contributed by atoms with Crippen molar-refractivity contribution in [2.75, 3.05) is 13.1 Å². The molecule has 0 saturated heterocycles. The summed E-state index contributed by atoms with van der Waals surface area (Å²) in [6, 6.07) is 7.44. The zero-order valence-corrected chi connectivity index (χ0v) is 23.1. The molecule has 0 fully saturated rings. The van der Waals surface area contributed by atoms with Crippen molar-refractivity contribution in [3.05, 3.63) is 55.5 Å². The van der Waals surface area contributed by atoms with Gasteiger partial charge in [-0.25, -0.2) is 0 Å². The van der Waals surface area contributed by atoms with E-state index in [1.54, 1.807) is 0 Å². The highest BCUT2D eigenvalue weighted by Crippen LogP contribution is 2.45. The first kappa shape index (κ1) is 28.4. The van der Waals surface area contributed by atoms with Gasteiger partial charge >= 0.3 is 0 Å². The maximum absolute atomic E-state index is 6.60. The van der Waals surface area contributed by atoms with E-state index in [1.165, 1.54) is 0 Å². The molecular weight excluding hydrogens is 502 g/mol. The standard InChI is InChI=1S/C25H34Cl4N2O2/c1-23(2,7-9-30)32-21-17(26)11-15(12-18(21)27)25(5,6)16-13-19(28)22(20(29)14-16)33-24(3,4)8-10-31/h11-14H,7-10,30-31H2,1-6H3. The Bertz CT molecular complexity index is 867. The SMILES string of the molecule is CC(C)(CCN)Oc1c(Cl)cc(C(C)(C)c2cc(Cl)c(OC(C)(C)CCN)c(Cl)c2)cc1Cl. The molecule has 0 radical (unpaired) electrons. The van der Waals surface area contributed by atoms with E-state index in [-0.39, 0.29) is 0 Å². The van der Waals surface area contributed by atoms with Crippen LogP contribution in [0.1, 0.15) is 65.5 Å². The monoisotopic (exact) mass is 534 g/mol. The normalized spacial score (nSPS) is 12.7. The van der Waals surface area contributed by atoms with E-state index in [4.69, 9.17) is 67.3 Å². The van der Waals surface area contributed by atoms with E-state index in [9.17, 15) is 0 Å². The van der Waals surface area contributed by atoms with Crippen molar-refractivity contribution in [3.63, 3.8) is 0 Å². The lowest BCUT2D eigenvalue weighted by atomic mass is 9.78. The van der Waals surface area contributed by atoms with E-state index in [1.807, 2.05) is 52.0 Å². The molecule has 2 rings (SSSR count). The summed E-state index contributed by atoms with van der Waals surface area (Å²) in [5.41, 5.74) is 11.7. The number of nitrogens with two attached hydrogens (primary N) is 2. The molecule has 0 aliphatic rings. The highest BCUT2D eigenvalue weighted by Gasteiger charge is 2.30. The van der Waals surface area contributed by atoms with E-state index in [2.05, 4.69) is 13.8 Å². The number of ether oxygens (including phenoxy) is 2. The van der Waals surface area contributed by atoms with Crippen LogP contribution in [0.3, 0.4) is 0 Å². The van der Waals surface area contributed by atoms with Crippen LogP contribution in [0.2, 0.25) is 20.1 Å². The quantitative estimate of drug-likeness (QED) is 0.328. The highest BCUT2D eigenvalue weighted by molar-refractivity contribution is 6.38. The fourth-order valence-corrected chi connectivity index (χ4v) is 4.68. The van der Waals surface area contributed by atoms with Crippen LogP contribution in [0.5, 0.6) is 11.5 Å². The lowest BCUT2D eigenvalue weighted by molar-refractivity contribution is 0.102. The lowest BCUT2D eigenvalue weighted by Gasteiger charge is -2.31. The summed E-state index contributed by atoms with van der Waals surface area (Å²) in [5, 5.41) is 1.71. The molecule has 8 heteroatoms. The van der Waals surface area contributed by atoms with Crippen LogP contribution >= 0.6 is 46.4 Å². The third-order valence-corrected chi connectivity index (χ3v) is 6.81. The Hall–Kier alpha value is -0.880. The fraction of sp³-hybridized carbons (Fsp3) is 0.520. The Morgan fingerprint density at radius 2 is 0.879 bits per heavy atom. The Morgan fingerprint density at radius 1 is 0.606 bits per heavy atom. The van der Waals surface area contributed by atoms with Gasteiger partial charge in [0, 0.05) is 5.41 Å². The predicted octanol–water partition coefficient (Wildman–Crippen LogP) is 7.64. The van der Waals surface area contributed by atoms with Gasteiger partial charge in [-0.1, -0.05) is 60.3 Å². The van der Waals surface area contributed by atoms with Gasteiger partial charge in [0.15, 0.2) is 11.5 Å². The second-order valence-corrected chi connectivity index (χ2v) is 11.6. The molecule has 0 amide bonds. The number of halogens is 4. The van der Waals surface area contributed by atoms with Crippen LogP contribution in [0.25, 0.3) is 0 Å². The summed E-state index contributed by atoms with van der Waals surface area (Å²) in [6.45, 7) is 12.9. The second-order valence-electron chi connectivity index (χ2n) is 9.96. The average Bonchev–Trinajstić information content (AvgIpc) is 2.67. The van der Waals surface area contributed by atoms with Crippen molar-refractivity contribution < 1.29 is 9.47 Å². The molecule has 0 aliphatic carbocycles. The molecule has 4 nitrogen and oxygen atoms in total. The van der Waals surface area contributed by atoms with Gasteiger partial charge < -0.3 is 20.9 Å². The molecule has 0 saturated carbocycles. The minimum atomic E-state index is -0.503. The lowest BCUT2D eigenvalue weighted by Crippen LogP contribution is -2.31. The molecule has 2 aromatic carbocycles. The summed E-state index contributed by atoms with van der Waals surface area (Å²) >= 11 is 26.4. The first-order chi connectivity index (χ1) is 15.1. The molecule has 0 heterocycles. The van der Waals surface area contributed by atoms with Crippen LogP contribution in [0, 0.1) is 0 Å².